The Labute approximate surface area is 220 Å². The number of carbonyl (C=O) groups is 1. The summed E-state index contributed by atoms with van der Waals surface area (Å²) in [5.41, 5.74) is 2.08. The molecule has 2 aromatic carbocycles. The Hall–Kier alpha value is -2.47. The summed E-state index contributed by atoms with van der Waals surface area (Å²) in [5.74, 6) is -2.05. The van der Waals surface area contributed by atoms with Crippen LogP contribution in [0.3, 0.4) is 0 Å². The molecule has 7 nitrogen and oxygen atoms in total. The van der Waals surface area contributed by atoms with Gasteiger partial charge < -0.3 is 15.5 Å². The fourth-order valence-corrected chi connectivity index (χ4v) is 6.62. The number of hydrogen-bond acceptors (Lipinski definition) is 6. The number of halogens is 3. The number of hydrogen-bond donors (Lipinski definition) is 3. The molecule has 1 heterocycles. The Morgan fingerprint density at radius 2 is 1.79 bits per heavy atom. The van der Waals surface area contributed by atoms with Crippen LogP contribution >= 0.6 is 0 Å². The molecular formula is C27H33F3N2O5S. The molecule has 1 aliphatic heterocycles. The van der Waals surface area contributed by atoms with Crippen LogP contribution in [-0.2, 0) is 33.8 Å². The third-order valence-electron chi connectivity index (χ3n) is 7.24. The van der Waals surface area contributed by atoms with Crippen LogP contribution in [-0.4, -0.2) is 60.5 Å². The van der Waals surface area contributed by atoms with Crippen LogP contribution in [0.1, 0.15) is 60.4 Å². The number of aryl methyl sites for hydroxylation is 1. The maximum atomic E-state index is 13.0. The molecule has 38 heavy (non-hydrogen) atoms. The van der Waals surface area contributed by atoms with E-state index in [2.05, 4.69) is 16.3 Å². The van der Waals surface area contributed by atoms with Gasteiger partial charge in [-0.15, -0.1) is 0 Å². The van der Waals surface area contributed by atoms with E-state index >= 15 is 0 Å². The van der Waals surface area contributed by atoms with Gasteiger partial charge in [-0.25, -0.2) is 8.42 Å². The van der Waals surface area contributed by atoms with E-state index in [0.29, 0.717) is 12.5 Å². The van der Waals surface area contributed by atoms with Crippen molar-refractivity contribution in [3.63, 3.8) is 0 Å². The Morgan fingerprint density at radius 1 is 1.05 bits per heavy atom. The van der Waals surface area contributed by atoms with Crippen LogP contribution in [0.15, 0.2) is 47.4 Å². The average molecular weight is 555 g/mol. The maximum absolute atomic E-state index is 13.0. The lowest BCUT2D eigenvalue weighted by Gasteiger charge is -2.30. The molecule has 0 aromatic heterocycles. The third kappa shape index (κ3) is 6.93. The molecule has 1 amide bonds. The first kappa shape index (κ1) is 28.5. The molecule has 2 aromatic rings. The number of rotatable bonds is 8. The molecular weight excluding hydrogens is 521 g/mol. The smallest absolute Gasteiger partial charge is 0.389 e. The summed E-state index contributed by atoms with van der Waals surface area (Å²) in [6, 6.07) is 8.87. The Morgan fingerprint density at radius 3 is 2.50 bits per heavy atom. The minimum absolute atomic E-state index is 0.405. The number of aliphatic hydroxyl groups is 2. The molecule has 0 unspecified atom stereocenters. The summed E-state index contributed by atoms with van der Waals surface area (Å²) < 4.78 is 64.1. The highest BCUT2D eigenvalue weighted by Crippen LogP contribution is 2.32. The number of piperidine rings is 1. The van der Waals surface area contributed by atoms with E-state index in [1.165, 1.54) is 24.8 Å². The molecule has 3 atom stereocenters. The van der Waals surface area contributed by atoms with E-state index < -0.39 is 56.4 Å². The largest absolute Gasteiger partial charge is 0.416 e. The van der Waals surface area contributed by atoms with Crippen molar-refractivity contribution in [1.82, 2.24) is 10.2 Å². The highest BCUT2D eigenvalue weighted by atomic mass is 32.2. The zero-order valence-corrected chi connectivity index (χ0v) is 21.8. The second kappa shape index (κ2) is 11.7. The van der Waals surface area contributed by atoms with Gasteiger partial charge in [0.2, 0.25) is 0 Å². The number of fused-ring (bicyclic) bond motifs is 1. The van der Waals surface area contributed by atoms with E-state index in [-0.39, 0.29) is 0 Å². The summed E-state index contributed by atoms with van der Waals surface area (Å²) in [5, 5.41) is 23.4. The van der Waals surface area contributed by atoms with Crippen molar-refractivity contribution in [1.29, 1.82) is 0 Å². The molecule has 1 fully saturated rings. The zero-order chi connectivity index (χ0) is 27.5. The molecule has 0 bridgehead atoms. The maximum Gasteiger partial charge on any atom is 0.416 e. The van der Waals surface area contributed by atoms with Crippen molar-refractivity contribution in [3.8, 4) is 0 Å². The lowest BCUT2D eigenvalue weighted by Crippen LogP contribution is -2.46. The summed E-state index contributed by atoms with van der Waals surface area (Å²) >= 11 is 0. The van der Waals surface area contributed by atoms with Gasteiger partial charge in [-0.1, -0.05) is 30.7 Å². The third-order valence-corrected chi connectivity index (χ3v) is 8.99. The van der Waals surface area contributed by atoms with E-state index in [0.717, 1.165) is 61.8 Å². The van der Waals surface area contributed by atoms with E-state index in [4.69, 9.17) is 0 Å². The monoisotopic (exact) mass is 554 g/mol. The van der Waals surface area contributed by atoms with E-state index in [1.807, 2.05) is 12.1 Å². The van der Waals surface area contributed by atoms with Gasteiger partial charge in [0.25, 0.3) is 5.91 Å². The molecule has 0 radical (unpaired) electrons. The van der Waals surface area contributed by atoms with Crippen molar-refractivity contribution in [2.45, 2.75) is 74.4 Å². The summed E-state index contributed by atoms with van der Waals surface area (Å²) in [6.07, 6.45) is -2.88. The van der Waals surface area contributed by atoms with Crippen molar-refractivity contribution in [2.75, 3.05) is 18.8 Å². The predicted octanol–water partition coefficient (Wildman–Crippen LogP) is 3.38. The van der Waals surface area contributed by atoms with Gasteiger partial charge in [0.15, 0.2) is 15.9 Å². The number of amides is 1. The Bertz CT molecular complexity index is 1250. The molecule has 0 spiro atoms. The number of likely N-dealkylation sites (tertiary alicyclic amines) is 1. The summed E-state index contributed by atoms with van der Waals surface area (Å²) in [4.78, 5) is 14.5. The first-order valence-electron chi connectivity index (χ1n) is 12.8. The molecule has 1 saturated heterocycles. The van der Waals surface area contributed by atoms with Crippen molar-refractivity contribution in [2.24, 2.45) is 0 Å². The number of carbonyl (C=O) groups excluding carboxylic acids is 1. The number of aliphatic hydroxyl groups excluding tert-OH is 2. The van der Waals surface area contributed by atoms with Gasteiger partial charge in [-0.05, 0) is 80.1 Å². The number of nitrogens with one attached hydrogen (secondary N) is 1. The standard InChI is InChI=1S/C27H33F3N2O5S/c28-27(29,30)20-7-5-8-21(15-20)38(36,37)17-24(33)25(34)26(35)31-23-9-4-6-19-14-18(10-11-22(19)23)16-32-12-2-1-3-13-32/h5,7-8,10-11,14-15,23-25,33-34H,1-4,6,9,12-13,16-17H2,(H,31,35)/t23-,24-,25+/m1/s1. The van der Waals surface area contributed by atoms with Gasteiger partial charge in [0.1, 0.15) is 6.10 Å². The summed E-state index contributed by atoms with van der Waals surface area (Å²) in [6.45, 7) is 3.04. The second-order valence-electron chi connectivity index (χ2n) is 10.1. The lowest BCUT2D eigenvalue weighted by atomic mass is 9.86. The first-order valence-corrected chi connectivity index (χ1v) is 14.5. The molecule has 4 rings (SSSR count). The second-order valence-corrected chi connectivity index (χ2v) is 12.2. The normalized spacial score (nSPS) is 20.4. The Kier molecular flexibility index (Phi) is 8.81. The first-order chi connectivity index (χ1) is 17.9. The number of benzene rings is 2. The van der Waals surface area contributed by atoms with E-state index in [1.54, 1.807) is 0 Å². The summed E-state index contributed by atoms with van der Waals surface area (Å²) in [7, 11) is -4.41. The van der Waals surface area contributed by atoms with Crippen LogP contribution in [0, 0.1) is 0 Å². The van der Waals surface area contributed by atoms with Crippen molar-refractivity contribution in [3.05, 3.63) is 64.7 Å². The molecule has 3 N–H and O–H groups in total. The van der Waals surface area contributed by atoms with E-state index in [9.17, 15) is 36.6 Å². The highest BCUT2D eigenvalue weighted by molar-refractivity contribution is 7.91. The molecule has 2 aliphatic rings. The van der Waals surface area contributed by atoms with Gasteiger partial charge in [-0.3, -0.25) is 9.69 Å². The van der Waals surface area contributed by atoms with Crippen LogP contribution < -0.4 is 5.32 Å². The predicted molar refractivity (Wildman–Crippen MR) is 135 cm³/mol. The minimum atomic E-state index is -4.74. The quantitative estimate of drug-likeness (QED) is 0.462. The number of nitrogens with zero attached hydrogens (tertiary/aromatic N) is 1. The minimum Gasteiger partial charge on any atom is -0.389 e. The Balaban J connectivity index is 1.39. The van der Waals surface area contributed by atoms with Crippen LogP contribution in [0.4, 0.5) is 13.2 Å². The molecule has 208 valence electrons. The van der Waals surface area contributed by atoms with Crippen LogP contribution in [0.25, 0.3) is 0 Å². The zero-order valence-electron chi connectivity index (χ0n) is 21.0. The van der Waals surface area contributed by atoms with Gasteiger partial charge in [0, 0.05) is 6.54 Å². The number of sulfone groups is 1. The van der Waals surface area contributed by atoms with Gasteiger partial charge >= 0.3 is 6.18 Å². The topological polar surface area (TPSA) is 107 Å². The average Bonchev–Trinajstić information content (AvgIpc) is 2.88. The molecule has 0 saturated carbocycles. The van der Waals surface area contributed by atoms with Gasteiger partial charge in [0.05, 0.1) is 22.3 Å². The number of alkyl halides is 3. The van der Waals surface area contributed by atoms with Gasteiger partial charge in [-0.2, -0.15) is 13.2 Å². The highest BCUT2D eigenvalue weighted by Gasteiger charge is 2.34. The fraction of sp³-hybridized carbons (Fsp3) is 0.519. The molecule has 1 aliphatic carbocycles. The van der Waals surface area contributed by atoms with Crippen molar-refractivity contribution >= 4 is 15.7 Å². The molecule has 11 heteroatoms. The van der Waals surface area contributed by atoms with Crippen LogP contribution in [0.5, 0.6) is 0 Å². The SMILES string of the molecule is O=C(N[C@@H]1CCCc2cc(CN3CCCCC3)ccc21)[C@@H](O)[C@H](O)CS(=O)(=O)c1cccc(C(F)(F)F)c1. The van der Waals surface area contributed by atoms with Crippen molar-refractivity contribution < 1.29 is 36.6 Å². The lowest BCUT2D eigenvalue weighted by molar-refractivity contribution is -0.137. The fourth-order valence-electron chi connectivity index (χ4n) is 5.20. The van der Waals surface area contributed by atoms with Crippen LogP contribution in [0.2, 0.25) is 0 Å².